The molecule has 1 unspecified atom stereocenters. The predicted octanol–water partition coefficient (Wildman–Crippen LogP) is 8.73. The van der Waals surface area contributed by atoms with Crippen LogP contribution in [0.4, 0.5) is 10.5 Å². The van der Waals surface area contributed by atoms with Crippen LogP contribution < -0.4 is 5.01 Å². The van der Waals surface area contributed by atoms with Crippen molar-refractivity contribution in [3.8, 4) is 0 Å². The van der Waals surface area contributed by atoms with Crippen molar-refractivity contribution in [1.82, 2.24) is 4.90 Å². The zero-order chi connectivity index (χ0) is 26.8. The van der Waals surface area contributed by atoms with Crippen molar-refractivity contribution in [2.45, 2.75) is 19.0 Å². The highest BCUT2D eigenvalue weighted by atomic mass is 35.5. The molecular weight excluding hydrogens is 542 g/mol. The standard InChI is InChI=1S/C32H24ClN3OS2/c33-26-15-11-23(12-16-26)21-35-31(38)30(39-32(35)37)19-22-13-17-27(18-14-22)36-29(25-9-5-2-6-10-25)20-28(34-36)24-7-3-1-4-8-24/h1-19,29H,20-21H2. The highest BCUT2D eigenvalue weighted by Gasteiger charge is 2.32. The molecule has 1 amide bonds. The first-order valence-corrected chi connectivity index (χ1v) is 14.2. The third-order valence-corrected chi connectivity index (χ3v) is 8.53. The van der Waals surface area contributed by atoms with E-state index in [0.717, 1.165) is 39.4 Å². The van der Waals surface area contributed by atoms with Crippen molar-refractivity contribution in [1.29, 1.82) is 0 Å². The first kappa shape index (κ1) is 25.6. The number of hydrogen-bond donors (Lipinski definition) is 0. The molecule has 2 aliphatic rings. The largest absolute Gasteiger partial charge is 0.291 e. The lowest BCUT2D eigenvalue weighted by Gasteiger charge is -2.24. The van der Waals surface area contributed by atoms with Gasteiger partial charge < -0.3 is 0 Å². The number of rotatable bonds is 6. The van der Waals surface area contributed by atoms with Gasteiger partial charge in [-0.2, -0.15) is 5.10 Å². The Balaban J connectivity index is 1.23. The molecular formula is C32H24ClN3OS2. The number of hydrazone groups is 1. The summed E-state index contributed by atoms with van der Waals surface area (Å²) in [6.07, 6.45) is 2.81. The van der Waals surface area contributed by atoms with Crippen LogP contribution in [0.2, 0.25) is 5.02 Å². The number of carbonyl (C=O) groups excluding carboxylic acids is 1. The molecule has 0 aromatic heterocycles. The molecule has 4 nitrogen and oxygen atoms in total. The van der Waals surface area contributed by atoms with E-state index in [0.29, 0.717) is 16.6 Å². The van der Waals surface area contributed by atoms with Crippen LogP contribution in [0.15, 0.2) is 119 Å². The van der Waals surface area contributed by atoms with Gasteiger partial charge in [0.25, 0.3) is 5.24 Å². The third-order valence-electron chi connectivity index (χ3n) is 6.78. The minimum Gasteiger partial charge on any atom is -0.288 e. The molecule has 4 aromatic rings. The van der Waals surface area contributed by atoms with E-state index in [1.54, 1.807) is 4.90 Å². The van der Waals surface area contributed by atoms with Crippen LogP contribution in [-0.2, 0) is 6.54 Å². The number of anilines is 1. The zero-order valence-electron chi connectivity index (χ0n) is 20.9. The van der Waals surface area contributed by atoms with E-state index in [1.807, 2.05) is 54.6 Å². The monoisotopic (exact) mass is 565 g/mol. The normalized spacial score (nSPS) is 18.2. The van der Waals surface area contributed by atoms with Crippen LogP contribution >= 0.6 is 35.6 Å². The third kappa shape index (κ3) is 5.55. The quantitative estimate of drug-likeness (QED) is 0.173. The van der Waals surface area contributed by atoms with Gasteiger partial charge in [0.2, 0.25) is 0 Å². The summed E-state index contributed by atoms with van der Waals surface area (Å²) in [5, 5.41) is 7.76. The minimum atomic E-state index is -0.0663. The van der Waals surface area contributed by atoms with Crippen molar-refractivity contribution in [3.05, 3.63) is 141 Å². The van der Waals surface area contributed by atoms with Gasteiger partial charge in [-0.15, -0.1) is 0 Å². The maximum atomic E-state index is 12.7. The summed E-state index contributed by atoms with van der Waals surface area (Å²) in [4.78, 5) is 15.7. The Bertz CT molecular complexity index is 1570. The molecule has 7 heteroatoms. The summed E-state index contributed by atoms with van der Waals surface area (Å²) >= 11 is 12.8. The summed E-state index contributed by atoms with van der Waals surface area (Å²) in [5.74, 6) is 0. The fraction of sp³-hybridized carbons (Fsp3) is 0.0938. The van der Waals surface area contributed by atoms with Gasteiger partial charge in [0.1, 0.15) is 4.99 Å². The van der Waals surface area contributed by atoms with E-state index in [-0.39, 0.29) is 11.3 Å². The maximum absolute atomic E-state index is 12.7. The van der Waals surface area contributed by atoms with Crippen molar-refractivity contribution < 1.29 is 4.79 Å². The van der Waals surface area contributed by atoms with Gasteiger partial charge >= 0.3 is 0 Å². The maximum Gasteiger partial charge on any atom is 0.291 e. The molecule has 0 spiro atoms. The summed E-state index contributed by atoms with van der Waals surface area (Å²) in [6, 6.07) is 36.7. The van der Waals surface area contributed by atoms with Crippen molar-refractivity contribution in [2.75, 3.05) is 5.01 Å². The Kier molecular flexibility index (Phi) is 7.33. The highest BCUT2D eigenvalue weighted by molar-refractivity contribution is 8.19. The molecule has 0 N–H and O–H groups in total. The average Bonchev–Trinajstić information content (AvgIpc) is 3.53. The molecule has 1 atom stereocenters. The Morgan fingerprint density at radius 1 is 0.897 bits per heavy atom. The van der Waals surface area contributed by atoms with Gasteiger partial charge in [-0.05, 0) is 64.4 Å². The van der Waals surface area contributed by atoms with Gasteiger partial charge in [0.15, 0.2) is 0 Å². The Morgan fingerprint density at radius 2 is 1.56 bits per heavy atom. The van der Waals surface area contributed by atoms with Crippen LogP contribution in [0.1, 0.15) is 34.7 Å². The number of thioether (sulfide) groups is 1. The van der Waals surface area contributed by atoms with E-state index >= 15 is 0 Å². The fourth-order valence-corrected chi connectivity index (χ4v) is 6.13. The number of halogens is 1. The number of hydrogen-bond acceptors (Lipinski definition) is 5. The molecule has 0 aliphatic carbocycles. The van der Waals surface area contributed by atoms with E-state index < -0.39 is 0 Å². The molecule has 0 saturated carbocycles. The highest BCUT2D eigenvalue weighted by Crippen LogP contribution is 2.38. The van der Waals surface area contributed by atoms with Crippen molar-refractivity contribution >= 4 is 63.3 Å². The van der Waals surface area contributed by atoms with Crippen molar-refractivity contribution in [2.24, 2.45) is 5.10 Å². The number of amides is 1. The van der Waals surface area contributed by atoms with Gasteiger partial charge in [0, 0.05) is 11.4 Å². The first-order valence-electron chi connectivity index (χ1n) is 12.6. The summed E-state index contributed by atoms with van der Waals surface area (Å²) in [6.45, 7) is 0.426. The molecule has 2 heterocycles. The average molecular weight is 566 g/mol. The number of nitrogens with zero attached hydrogens (tertiary/aromatic N) is 3. The minimum absolute atomic E-state index is 0.0663. The zero-order valence-corrected chi connectivity index (χ0v) is 23.3. The van der Waals surface area contributed by atoms with E-state index in [9.17, 15) is 4.79 Å². The van der Waals surface area contributed by atoms with Gasteiger partial charge in [0.05, 0.1) is 28.9 Å². The second-order valence-electron chi connectivity index (χ2n) is 9.37. The lowest BCUT2D eigenvalue weighted by atomic mass is 9.98. The second-order valence-corrected chi connectivity index (χ2v) is 11.2. The van der Waals surface area contributed by atoms with Gasteiger partial charge in [-0.3, -0.25) is 14.7 Å². The number of thiocarbonyl (C=S) groups is 1. The van der Waals surface area contributed by atoms with E-state index in [2.05, 4.69) is 65.7 Å². The molecule has 6 rings (SSSR count). The van der Waals surface area contributed by atoms with Crippen LogP contribution in [0, 0.1) is 0 Å². The number of benzene rings is 4. The topological polar surface area (TPSA) is 35.9 Å². The lowest BCUT2D eigenvalue weighted by Crippen LogP contribution is -2.26. The Hall–Kier alpha value is -3.71. The Labute approximate surface area is 242 Å². The molecule has 1 fully saturated rings. The summed E-state index contributed by atoms with van der Waals surface area (Å²) < 4.78 is 0. The van der Waals surface area contributed by atoms with Crippen LogP contribution in [0.25, 0.3) is 6.08 Å². The molecule has 39 heavy (non-hydrogen) atoms. The van der Waals surface area contributed by atoms with Crippen LogP contribution in [0.5, 0.6) is 0 Å². The lowest BCUT2D eigenvalue weighted by molar-refractivity contribution is 0.244. The smallest absolute Gasteiger partial charge is 0.288 e. The first-order chi connectivity index (χ1) is 19.0. The van der Waals surface area contributed by atoms with Crippen LogP contribution in [-0.4, -0.2) is 20.8 Å². The Morgan fingerprint density at radius 3 is 2.26 bits per heavy atom. The van der Waals surface area contributed by atoms with Crippen molar-refractivity contribution in [3.63, 3.8) is 0 Å². The van der Waals surface area contributed by atoms with Gasteiger partial charge in [-0.25, -0.2) is 0 Å². The van der Waals surface area contributed by atoms with E-state index in [4.69, 9.17) is 28.9 Å². The molecule has 0 radical (unpaired) electrons. The van der Waals surface area contributed by atoms with Crippen LogP contribution in [0.3, 0.4) is 0 Å². The van der Waals surface area contributed by atoms with Gasteiger partial charge in [-0.1, -0.05) is 109 Å². The SMILES string of the molecule is O=C1SC(=Cc2ccc(N3N=C(c4ccccc4)CC3c3ccccc3)cc2)C(=S)N1Cc1ccc(Cl)cc1. The van der Waals surface area contributed by atoms with E-state index in [1.165, 1.54) is 17.3 Å². The second kappa shape index (κ2) is 11.2. The molecule has 192 valence electrons. The predicted molar refractivity (Wildman–Crippen MR) is 166 cm³/mol. The molecule has 1 saturated heterocycles. The summed E-state index contributed by atoms with van der Waals surface area (Å²) in [5.41, 5.74) is 6.41. The molecule has 0 bridgehead atoms. The summed E-state index contributed by atoms with van der Waals surface area (Å²) in [7, 11) is 0. The fourth-order valence-electron chi connectivity index (χ4n) is 4.77. The molecule has 4 aromatic carbocycles. The molecule has 2 aliphatic heterocycles. The number of carbonyl (C=O) groups is 1.